The topological polar surface area (TPSA) is 32.3 Å². The van der Waals surface area contributed by atoms with Crippen molar-refractivity contribution in [2.45, 2.75) is 31.7 Å². The van der Waals surface area contributed by atoms with E-state index >= 15 is 0 Å². The zero-order chi connectivity index (χ0) is 14.8. The largest absolute Gasteiger partial charge is 0.337 e. The van der Waals surface area contributed by atoms with E-state index in [4.69, 9.17) is 11.6 Å². The predicted octanol–water partition coefficient (Wildman–Crippen LogP) is 3.71. The highest BCUT2D eigenvalue weighted by Gasteiger charge is 2.29. The van der Waals surface area contributed by atoms with Crippen LogP contribution in [-0.4, -0.2) is 36.5 Å². The van der Waals surface area contributed by atoms with Crippen molar-refractivity contribution < 1.29 is 4.79 Å². The fraction of sp³-hybridized carbons (Fsp3) is 0.562. The molecule has 2 fully saturated rings. The molecule has 1 amide bonds. The van der Waals surface area contributed by atoms with Crippen LogP contribution in [0.3, 0.4) is 0 Å². The first kappa shape index (κ1) is 15.3. The lowest BCUT2D eigenvalue weighted by molar-refractivity contribution is 0.0733. The van der Waals surface area contributed by atoms with E-state index in [1.54, 1.807) is 6.07 Å². The molecular formula is C16H20BrClN2O. The van der Waals surface area contributed by atoms with Crippen LogP contribution < -0.4 is 5.32 Å². The van der Waals surface area contributed by atoms with Gasteiger partial charge in [-0.25, -0.2) is 0 Å². The Morgan fingerprint density at radius 2 is 2.10 bits per heavy atom. The van der Waals surface area contributed by atoms with Crippen LogP contribution in [0.15, 0.2) is 22.7 Å². The molecule has 0 spiro atoms. The molecule has 1 saturated carbocycles. The van der Waals surface area contributed by atoms with Gasteiger partial charge in [0.15, 0.2) is 0 Å². The van der Waals surface area contributed by atoms with Crippen LogP contribution in [0.5, 0.6) is 0 Å². The van der Waals surface area contributed by atoms with Gasteiger partial charge in [-0.3, -0.25) is 4.79 Å². The van der Waals surface area contributed by atoms with Crippen LogP contribution in [0.4, 0.5) is 0 Å². The molecule has 0 bridgehead atoms. The number of nitrogens with one attached hydrogen (secondary N) is 1. The third-order valence-electron chi connectivity index (χ3n) is 4.18. The minimum absolute atomic E-state index is 0.0961. The van der Waals surface area contributed by atoms with E-state index in [0.717, 1.165) is 30.5 Å². The number of rotatable bonds is 5. The Bertz CT molecular complexity index is 507. The van der Waals surface area contributed by atoms with Crippen LogP contribution in [-0.2, 0) is 0 Å². The number of carbonyl (C=O) groups is 1. The lowest BCUT2D eigenvalue weighted by Crippen LogP contribution is -2.42. The first-order valence-electron chi connectivity index (χ1n) is 7.60. The summed E-state index contributed by atoms with van der Waals surface area (Å²) >= 11 is 9.49. The average molecular weight is 372 g/mol. The number of carbonyl (C=O) groups excluding carboxylic acids is 1. The maximum absolute atomic E-state index is 12.8. The molecule has 1 unspecified atom stereocenters. The zero-order valence-electron chi connectivity index (χ0n) is 11.9. The molecule has 1 aliphatic carbocycles. The second-order valence-corrected chi connectivity index (χ2v) is 7.46. The molecule has 2 aliphatic rings. The van der Waals surface area contributed by atoms with Gasteiger partial charge in [0.2, 0.25) is 0 Å². The molecule has 5 heteroatoms. The summed E-state index contributed by atoms with van der Waals surface area (Å²) < 4.78 is 0.851. The Labute approximate surface area is 139 Å². The van der Waals surface area contributed by atoms with Gasteiger partial charge in [-0.05, 0) is 56.3 Å². The fourth-order valence-electron chi connectivity index (χ4n) is 2.89. The van der Waals surface area contributed by atoms with E-state index in [1.165, 1.54) is 19.3 Å². The number of amides is 1. The Kier molecular flexibility index (Phi) is 4.87. The molecule has 1 N–H and O–H groups in total. The van der Waals surface area contributed by atoms with Crippen LogP contribution in [0.25, 0.3) is 0 Å². The maximum atomic E-state index is 12.8. The van der Waals surface area contributed by atoms with Gasteiger partial charge >= 0.3 is 0 Å². The quantitative estimate of drug-likeness (QED) is 0.856. The summed E-state index contributed by atoms with van der Waals surface area (Å²) in [5, 5.41) is 4.08. The van der Waals surface area contributed by atoms with Crippen LogP contribution in [0.1, 0.15) is 36.0 Å². The summed E-state index contributed by atoms with van der Waals surface area (Å²) in [5.41, 5.74) is 0.674. The Hall–Kier alpha value is -0.580. The molecule has 1 atom stereocenters. The summed E-state index contributed by atoms with van der Waals surface area (Å²) in [6.45, 7) is 2.75. The van der Waals surface area contributed by atoms with Crippen LogP contribution >= 0.6 is 27.5 Å². The number of benzene rings is 1. The van der Waals surface area contributed by atoms with Gasteiger partial charge in [0, 0.05) is 34.2 Å². The van der Waals surface area contributed by atoms with Crippen molar-refractivity contribution in [1.82, 2.24) is 10.2 Å². The van der Waals surface area contributed by atoms with Crippen LogP contribution in [0, 0.1) is 5.92 Å². The zero-order valence-corrected chi connectivity index (χ0v) is 14.3. The summed E-state index contributed by atoms with van der Waals surface area (Å²) in [5.74, 6) is 0.789. The summed E-state index contributed by atoms with van der Waals surface area (Å²) in [7, 11) is 0. The first-order chi connectivity index (χ1) is 10.1. The second-order valence-electron chi connectivity index (χ2n) is 6.10. The Balaban J connectivity index is 1.74. The monoisotopic (exact) mass is 370 g/mol. The lowest BCUT2D eigenvalue weighted by Gasteiger charge is -2.26. The number of hydrogen-bond donors (Lipinski definition) is 1. The molecule has 1 saturated heterocycles. The number of halogens is 2. The molecule has 1 aliphatic heterocycles. The lowest BCUT2D eigenvalue weighted by atomic mass is 10.1. The fourth-order valence-corrected chi connectivity index (χ4v) is 3.75. The predicted molar refractivity (Wildman–Crippen MR) is 88.8 cm³/mol. The van der Waals surface area contributed by atoms with Crippen molar-refractivity contribution in [2.24, 2.45) is 5.92 Å². The van der Waals surface area contributed by atoms with Crippen molar-refractivity contribution in [1.29, 1.82) is 0 Å². The molecule has 3 rings (SSSR count). The summed E-state index contributed by atoms with van der Waals surface area (Å²) in [6, 6.07) is 5.87. The third-order valence-corrected chi connectivity index (χ3v) is 4.85. The highest BCUT2D eigenvalue weighted by atomic mass is 79.9. The van der Waals surface area contributed by atoms with Gasteiger partial charge < -0.3 is 10.2 Å². The maximum Gasteiger partial charge on any atom is 0.254 e. The molecule has 1 heterocycles. The number of hydrogen-bond acceptors (Lipinski definition) is 2. The molecule has 1 aromatic carbocycles. The Morgan fingerprint density at radius 1 is 1.29 bits per heavy atom. The van der Waals surface area contributed by atoms with Crippen molar-refractivity contribution >= 4 is 33.4 Å². The van der Waals surface area contributed by atoms with Gasteiger partial charge in [0.1, 0.15) is 0 Å². The minimum atomic E-state index is 0.0961. The summed E-state index contributed by atoms with van der Waals surface area (Å²) in [6.07, 6.45) is 4.87. The Morgan fingerprint density at radius 3 is 2.71 bits per heavy atom. The molecule has 21 heavy (non-hydrogen) atoms. The van der Waals surface area contributed by atoms with Crippen molar-refractivity contribution in [3.05, 3.63) is 33.3 Å². The van der Waals surface area contributed by atoms with E-state index < -0.39 is 0 Å². The number of nitrogens with zero attached hydrogens (tertiary/aromatic N) is 1. The highest BCUT2D eigenvalue weighted by molar-refractivity contribution is 9.10. The molecule has 0 aromatic heterocycles. The first-order valence-corrected chi connectivity index (χ1v) is 8.77. The standard InChI is InChI=1S/C16H20BrClN2O/c17-13-6-12(7-14(18)8-13)16(21)20(9-11-3-4-11)10-15-2-1-5-19-15/h6-8,11,15,19H,1-5,9-10H2. The molecule has 1 aromatic rings. The molecule has 114 valence electrons. The van der Waals surface area contributed by atoms with E-state index in [0.29, 0.717) is 22.5 Å². The van der Waals surface area contributed by atoms with E-state index in [2.05, 4.69) is 21.2 Å². The second kappa shape index (κ2) is 6.67. The van der Waals surface area contributed by atoms with Gasteiger partial charge in [-0.2, -0.15) is 0 Å². The van der Waals surface area contributed by atoms with Crippen molar-refractivity contribution in [3.8, 4) is 0 Å². The van der Waals surface area contributed by atoms with E-state index in [1.807, 2.05) is 17.0 Å². The smallest absolute Gasteiger partial charge is 0.254 e. The van der Waals surface area contributed by atoms with Crippen LogP contribution in [0.2, 0.25) is 5.02 Å². The SMILES string of the molecule is O=C(c1cc(Cl)cc(Br)c1)N(CC1CC1)CC1CCCN1. The van der Waals surface area contributed by atoms with Crippen molar-refractivity contribution in [3.63, 3.8) is 0 Å². The highest BCUT2D eigenvalue weighted by Crippen LogP contribution is 2.31. The minimum Gasteiger partial charge on any atom is -0.337 e. The van der Waals surface area contributed by atoms with Crippen molar-refractivity contribution in [2.75, 3.05) is 19.6 Å². The molecule has 0 radical (unpaired) electrons. The summed E-state index contributed by atoms with van der Waals surface area (Å²) in [4.78, 5) is 14.8. The average Bonchev–Trinajstić information content (AvgIpc) is 3.10. The van der Waals surface area contributed by atoms with Gasteiger partial charge in [-0.1, -0.05) is 27.5 Å². The van der Waals surface area contributed by atoms with Gasteiger partial charge in [0.25, 0.3) is 5.91 Å². The third kappa shape index (κ3) is 4.21. The van der Waals surface area contributed by atoms with Gasteiger partial charge in [-0.15, -0.1) is 0 Å². The van der Waals surface area contributed by atoms with E-state index in [9.17, 15) is 4.79 Å². The molecule has 3 nitrogen and oxygen atoms in total. The molecular weight excluding hydrogens is 352 g/mol. The van der Waals surface area contributed by atoms with Gasteiger partial charge in [0.05, 0.1) is 0 Å². The normalized spacial score (nSPS) is 21.5. The van der Waals surface area contributed by atoms with E-state index in [-0.39, 0.29) is 5.91 Å².